The highest BCUT2D eigenvalue weighted by molar-refractivity contribution is 5.96. The lowest BCUT2D eigenvalue weighted by atomic mass is 10.1. The Labute approximate surface area is 148 Å². The summed E-state index contributed by atoms with van der Waals surface area (Å²) in [5, 5.41) is 14.0. The summed E-state index contributed by atoms with van der Waals surface area (Å²) < 4.78 is 5.60. The fourth-order valence-corrected chi connectivity index (χ4v) is 2.36. The van der Waals surface area contributed by atoms with Crippen LogP contribution in [-0.2, 0) is 0 Å². The summed E-state index contributed by atoms with van der Waals surface area (Å²) in [5.74, 6) is -0.226. The van der Waals surface area contributed by atoms with Crippen LogP contribution in [0.4, 0.5) is 5.69 Å². The molecule has 3 rings (SSSR count). The predicted molar refractivity (Wildman–Crippen MR) is 94.8 cm³/mol. The molecule has 0 spiro atoms. The molecule has 134 valence electrons. The van der Waals surface area contributed by atoms with E-state index in [1.807, 2.05) is 19.0 Å². The van der Waals surface area contributed by atoms with Crippen LogP contribution in [-0.4, -0.2) is 52.9 Å². The molecule has 26 heavy (non-hydrogen) atoms. The quantitative estimate of drug-likeness (QED) is 0.532. The molecule has 0 atom stereocenters. The lowest BCUT2D eigenvalue weighted by Crippen LogP contribution is -2.31. The van der Waals surface area contributed by atoms with Gasteiger partial charge in [0.1, 0.15) is 0 Å². The highest BCUT2D eigenvalue weighted by atomic mass is 16.6. The van der Waals surface area contributed by atoms with Crippen LogP contribution in [0.3, 0.4) is 0 Å². The number of likely N-dealkylation sites (N-methyl/N-ethyl adjacent to an activating group) is 1. The molecule has 0 saturated heterocycles. The van der Waals surface area contributed by atoms with Gasteiger partial charge < -0.3 is 14.6 Å². The summed E-state index contributed by atoms with van der Waals surface area (Å²) in [6.45, 7) is 1.08. The average molecular weight is 355 g/mol. The van der Waals surface area contributed by atoms with Crippen molar-refractivity contribution in [3.8, 4) is 11.5 Å². The van der Waals surface area contributed by atoms with Gasteiger partial charge in [-0.3, -0.25) is 14.9 Å². The van der Waals surface area contributed by atoms with Crippen molar-refractivity contribution in [1.29, 1.82) is 0 Å². The molecule has 0 aliphatic carbocycles. The number of nitrogens with zero attached hydrogens (tertiary/aromatic N) is 4. The van der Waals surface area contributed by atoms with Crippen LogP contribution in [0, 0.1) is 10.1 Å². The summed E-state index contributed by atoms with van der Waals surface area (Å²) in [6.07, 6.45) is 1.58. The molecular formula is C17H17N5O4. The molecule has 1 amide bonds. The molecule has 0 saturated carbocycles. The number of non-ortho nitro benzene ring substituents is 1. The maximum Gasteiger partial charge on any atom is 0.271 e. The lowest BCUT2D eigenvalue weighted by Gasteiger charge is -2.10. The first kappa shape index (κ1) is 17.5. The third-order valence-corrected chi connectivity index (χ3v) is 3.65. The van der Waals surface area contributed by atoms with Crippen LogP contribution < -0.4 is 5.32 Å². The number of nitrogens with one attached hydrogen (secondary N) is 1. The van der Waals surface area contributed by atoms with Gasteiger partial charge in [0.2, 0.25) is 5.89 Å². The lowest BCUT2D eigenvalue weighted by molar-refractivity contribution is -0.384. The Morgan fingerprint density at radius 2 is 2.15 bits per heavy atom. The maximum atomic E-state index is 12.3. The summed E-state index contributed by atoms with van der Waals surface area (Å²) >= 11 is 0. The first-order chi connectivity index (χ1) is 12.4. The molecule has 0 aliphatic heterocycles. The summed E-state index contributed by atoms with van der Waals surface area (Å²) in [4.78, 5) is 33.3. The number of hydrogen-bond donors (Lipinski definition) is 1. The van der Waals surface area contributed by atoms with Crippen molar-refractivity contribution in [2.45, 2.75) is 0 Å². The first-order valence-electron chi connectivity index (χ1n) is 7.88. The number of oxazole rings is 1. The number of nitro benzene ring substituents is 1. The Balaban J connectivity index is 1.96. The topological polar surface area (TPSA) is 114 Å². The fraction of sp³-hybridized carbons (Fsp3) is 0.235. The van der Waals surface area contributed by atoms with E-state index in [1.54, 1.807) is 18.3 Å². The summed E-state index contributed by atoms with van der Waals surface area (Å²) in [7, 11) is 3.78. The molecule has 2 aromatic heterocycles. The van der Waals surface area contributed by atoms with Gasteiger partial charge in [0.15, 0.2) is 11.2 Å². The average Bonchev–Trinajstić information content (AvgIpc) is 3.05. The molecule has 9 heteroatoms. The van der Waals surface area contributed by atoms with Gasteiger partial charge in [0.25, 0.3) is 11.6 Å². The molecule has 1 aromatic carbocycles. The molecule has 0 fully saturated rings. The number of carbonyl (C=O) groups is 1. The number of aromatic nitrogens is 2. The van der Waals surface area contributed by atoms with Gasteiger partial charge in [-0.25, -0.2) is 4.98 Å². The summed E-state index contributed by atoms with van der Waals surface area (Å²) in [5.41, 5.74) is 1.16. The normalized spacial score (nSPS) is 11.0. The van der Waals surface area contributed by atoms with Crippen molar-refractivity contribution in [2.75, 3.05) is 27.2 Å². The van der Waals surface area contributed by atoms with Gasteiger partial charge in [0.05, 0.1) is 4.92 Å². The third-order valence-electron chi connectivity index (χ3n) is 3.65. The molecule has 1 N–H and O–H groups in total. The number of benzene rings is 1. The van der Waals surface area contributed by atoms with Crippen molar-refractivity contribution < 1.29 is 14.1 Å². The number of rotatable bonds is 6. The van der Waals surface area contributed by atoms with Gasteiger partial charge >= 0.3 is 0 Å². The van der Waals surface area contributed by atoms with Crippen LogP contribution in [0.15, 0.2) is 40.9 Å². The van der Waals surface area contributed by atoms with Crippen molar-refractivity contribution in [2.24, 2.45) is 0 Å². The molecule has 0 bridgehead atoms. The zero-order valence-electron chi connectivity index (χ0n) is 14.3. The second-order valence-corrected chi connectivity index (χ2v) is 5.93. The van der Waals surface area contributed by atoms with E-state index in [1.165, 1.54) is 18.2 Å². The number of hydrogen-bond acceptors (Lipinski definition) is 7. The highest BCUT2D eigenvalue weighted by Crippen LogP contribution is 2.27. The largest absolute Gasteiger partial charge is 0.434 e. The Hall–Kier alpha value is -3.33. The van der Waals surface area contributed by atoms with Crippen LogP contribution in [0.2, 0.25) is 0 Å². The minimum absolute atomic E-state index is 0.170. The zero-order valence-corrected chi connectivity index (χ0v) is 14.3. The van der Waals surface area contributed by atoms with Crippen molar-refractivity contribution in [3.63, 3.8) is 0 Å². The zero-order chi connectivity index (χ0) is 18.7. The van der Waals surface area contributed by atoms with Crippen LogP contribution >= 0.6 is 0 Å². The smallest absolute Gasteiger partial charge is 0.271 e. The third kappa shape index (κ3) is 3.83. The van der Waals surface area contributed by atoms with Gasteiger partial charge in [-0.05, 0) is 32.3 Å². The van der Waals surface area contributed by atoms with E-state index in [9.17, 15) is 14.9 Å². The molecule has 3 aromatic rings. The van der Waals surface area contributed by atoms with Gasteiger partial charge in [-0.2, -0.15) is 4.98 Å². The van der Waals surface area contributed by atoms with E-state index in [2.05, 4.69) is 15.3 Å². The van der Waals surface area contributed by atoms with E-state index in [-0.39, 0.29) is 17.1 Å². The van der Waals surface area contributed by atoms with Crippen LogP contribution in [0.25, 0.3) is 22.7 Å². The molecule has 9 nitrogen and oxygen atoms in total. The molecular weight excluding hydrogens is 338 g/mol. The van der Waals surface area contributed by atoms with E-state index in [0.717, 1.165) is 0 Å². The second kappa shape index (κ2) is 7.28. The first-order valence-corrected chi connectivity index (χ1v) is 7.88. The Morgan fingerprint density at radius 1 is 1.35 bits per heavy atom. The monoisotopic (exact) mass is 355 g/mol. The van der Waals surface area contributed by atoms with Gasteiger partial charge in [0, 0.05) is 42.5 Å². The number of pyridine rings is 1. The Kier molecular flexibility index (Phi) is 4.90. The molecule has 2 heterocycles. The molecule has 0 aliphatic rings. The minimum atomic E-state index is -0.555. The highest BCUT2D eigenvalue weighted by Gasteiger charge is 2.18. The number of fused-ring (bicyclic) bond motifs is 1. The van der Waals surface area contributed by atoms with E-state index in [4.69, 9.17) is 4.42 Å². The van der Waals surface area contributed by atoms with Crippen LogP contribution in [0.5, 0.6) is 0 Å². The second-order valence-electron chi connectivity index (χ2n) is 5.93. The predicted octanol–water partition coefficient (Wildman–Crippen LogP) is 2.09. The van der Waals surface area contributed by atoms with Crippen LogP contribution in [0.1, 0.15) is 10.4 Å². The maximum absolute atomic E-state index is 12.3. The number of nitro groups is 1. The van der Waals surface area contributed by atoms with Gasteiger partial charge in [-0.1, -0.05) is 0 Å². The molecule has 0 radical (unpaired) electrons. The standard InChI is InChI=1S/C17H17N5O4/c1-21(2)7-6-19-16(23)11-8-12(10-13(9-11)22(24)25)17-20-15-14(26-17)4-3-5-18-15/h3-5,8-10H,6-7H2,1-2H3,(H,19,23). The Morgan fingerprint density at radius 3 is 2.85 bits per heavy atom. The van der Waals surface area contributed by atoms with Crippen molar-refractivity contribution >= 4 is 22.8 Å². The number of amides is 1. The SMILES string of the molecule is CN(C)CCNC(=O)c1cc(-c2nc3ncccc3o2)cc([N+](=O)[O-])c1. The minimum Gasteiger partial charge on any atom is -0.434 e. The number of carbonyl (C=O) groups excluding carboxylic acids is 1. The van der Waals surface area contributed by atoms with Crippen molar-refractivity contribution in [3.05, 3.63) is 52.2 Å². The van der Waals surface area contributed by atoms with E-state index >= 15 is 0 Å². The van der Waals surface area contributed by atoms with Gasteiger partial charge in [-0.15, -0.1) is 0 Å². The molecule has 0 unspecified atom stereocenters. The van der Waals surface area contributed by atoms with Crippen molar-refractivity contribution in [1.82, 2.24) is 20.2 Å². The Bertz CT molecular complexity index is 934. The summed E-state index contributed by atoms with van der Waals surface area (Å²) in [6, 6.07) is 7.47. The van der Waals surface area contributed by atoms with E-state index < -0.39 is 10.8 Å². The fourth-order valence-electron chi connectivity index (χ4n) is 2.36. The van der Waals surface area contributed by atoms with E-state index in [0.29, 0.717) is 29.9 Å².